The highest BCUT2D eigenvalue weighted by molar-refractivity contribution is 7.98. The number of benzene rings is 1. The van der Waals surface area contributed by atoms with Gasteiger partial charge in [0, 0.05) is 23.4 Å². The summed E-state index contributed by atoms with van der Waals surface area (Å²) in [6, 6.07) is 10.5. The predicted octanol–water partition coefficient (Wildman–Crippen LogP) is 4.52. The summed E-state index contributed by atoms with van der Waals surface area (Å²) in [4.78, 5) is 17.2. The summed E-state index contributed by atoms with van der Waals surface area (Å²) in [5.74, 6) is 0.829. The zero-order valence-electron chi connectivity index (χ0n) is 14.8. The van der Waals surface area contributed by atoms with E-state index in [1.54, 1.807) is 7.05 Å². The van der Waals surface area contributed by atoms with Crippen LogP contribution in [-0.4, -0.2) is 14.8 Å². The van der Waals surface area contributed by atoms with Crippen molar-refractivity contribution in [2.24, 2.45) is 7.05 Å². The normalized spacial score (nSPS) is 12.3. The maximum Gasteiger partial charge on any atom is 0.277 e. The summed E-state index contributed by atoms with van der Waals surface area (Å²) in [7, 11) is 1.68. The molecule has 0 spiro atoms. The molecule has 4 nitrogen and oxygen atoms in total. The summed E-state index contributed by atoms with van der Waals surface area (Å²) in [6.45, 7) is 6.07. The van der Waals surface area contributed by atoms with Crippen molar-refractivity contribution in [2.45, 2.75) is 31.8 Å². The first-order valence-corrected chi connectivity index (χ1v) is 10.1. The molecule has 0 radical (unpaired) electrons. The van der Waals surface area contributed by atoms with Crippen LogP contribution in [-0.2, 0) is 12.8 Å². The summed E-state index contributed by atoms with van der Waals surface area (Å²) in [5, 5.41) is 7.48. The molecule has 25 heavy (non-hydrogen) atoms. The maximum absolute atomic E-state index is 12.5. The van der Waals surface area contributed by atoms with E-state index in [0.717, 1.165) is 27.7 Å². The minimum absolute atomic E-state index is 0.0886. The third kappa shape index (κ3) is 3.85. The molecule has 2 heterocycles. The van der Waals surface area contributed by atoms with E-state index in [1.165, 1.54) is 21.6 Å². The molecular formula is C19H21N3OS2. The van der Waals surface area contributed by atoms with Crippen molar-refractivity contribution in [1.29, 1.82) is 0 Å². The van der Waals surface area contributed by atoms with Crippen LogP contribution in [0.2, 0.25) is 0 Å². The number of nitrogens with zero attached hydrogens (tertiary/aromatic N) is 3. The first-order chi connectivity index (χ1) is 12.0. The van der Waals surface area contributed by atoms with Crippen molar-refractivity contribution in [3.63, 3.8) is 0 Å². The molecule has 3 rings (SSSR count). The zero-order chi connectivity index (χ0) is 18.0. The third-order valence-corrected chi connectivity index (χ3v) is 6.38. The van der Waals surface area contributed by atoms with Crippen LogP contribution < -0.4 is 5.56 Å². The maximum atomic E-state index is 12.5. The predicted molar refractivity (Wildman–Crippen MR) is 106 cm³/mol. The van der Waals surface area contributed by atoms with Crippen molar-refractivity contribution >= 4 is 23.1 Å². The molecule has 1 aromatic carbocycles. The largest absolute Gasteiger partial charge is 0.277 e. The Bertz CT molecular complexity index is 932. The molecule has 0 aliphatic heterocycles. The Labute approximate surface area is 155 Å². The van der Waals surface area contributed by atoms with Crippen molar-refractivity contribution < 1.29 is 0 Å². The van der Waals surface area contributed by atoms with Crippen LogP contribution in [0.25, 0.3) is 10.6 Å². The van der Waals surface area contributed by atoms with Gasteiger partial charge in [0.1, 0.15) is 5.01 Å². The molecule has 3 aromatic rings. The molecule has 0 aliphatic rings. The molecule has 130 valence electrons. The minimum atomic E-state index is -0.0886. The van der Waals surface area contributed by atoms with Crippen LogP contribution in [0.3, 0.4) is 0 Å². The van der Waals surface area contributed by atoms with Gasteiger partial charge in [-0.3, -0.25) is 4.79 Å². The molecule has 1 atom stereocenters. The van der Waals surface area contributed by atoms with E-state index in [0.29, 0.717) is 10.8 Å². The summed E-state index contributed by atoms with van der Waals surface area (Å²) < 4.78 is 1.39. The van der Waals surface area contributed by atoms with E-state index in [1.807, 2.05) is 31.7 Å². The van der Waals surface area contributed by atoms with E-state index in [9.17, 15) is 4.79 Å². The number of thiazole rings is 1. The molecule has 0 bridgehead atoms. The van der Waals surface area contributed by atoms with Crippen LogP contribution in [0.4, 0.5) is 0 Å². The molecule has 0 amide bonds. The molecular weight excluding hydrogens is 350 g/mol. The smallest absolute Gasteiger partial charge is 0.267 e. The Morgan fingerprint density at radius 1 is 1.24 bits per heavy atom. The Morgan fingerprint density at radius 3 is 2.68 bits per heavy atom. The van der Waals surface area contributed by atoms with Crippen LogP contribution in [0, 0.1) is 13.8 Å². The lowest BCUT2D eigenvalue weighted by molar-refractivity contribution is 0.690. The Balaban J connectivity index is 1.79. The second-order valence-corrected chi connectivity index (χ2v) is 8.21. The molecule has 0 fully saturated rings. The molecule has 0 unspecified atom stereocenters. The highest BCUT2D eigenvalue weighted by Gasteiger charge is 2.16. The van der Waals surface area contributed by atoms with Gasteiger partial charge in [0.05, 0.1) is 17.0 Å². The van der Waals surface area contributed by atoms with Gasteiger partial charge in [-0.25, -0.2) is 9.67 Å². The topological polar surface area (TPSA) is 47.8 Å². The van der Waals surface area contributed by atoms with Crippen molar-refractivity contribution in [3.05, 3.63) is 68.6 Å². The average molecular weight is 372 g/mol. The first kappa shape index (κ1) is 17.9. The number of hydrogen-bond donors (Lipinski definition) is 0. The number of thioether (sulfide) groups is 1. The molecule has 0 N–H and O–H groups in total. The monoisotopic (exact) mass is 371 g/mol. The van der Waals surface area contributed by atoms with Gasteiger partial charge in [0.2, 0.25) is 0 Å². The zero-order valence-corrected chi connectivity index (χ0v) is 16.4. The van der Waals surface area contributed by atoms with Gasteiger partial charge in [0.25, 0.3) is 5.56 Å². The van der Waals surface area contributed by atoms with E-state index >= 15 is 0 Å². The molecule has 0 saturated heterocycles. The van der Waals surface area contributed by atoms with Crippen LogP contribution in [0.5, 0.6) is 0 Å². The van der Waals surface area contributed by atoms with E-state index in [4.69, 9.17) is 4.98 Å². The lowest BCUT2D eigenvalue weighted by Crippen LogP contribution is -2.23. The third-order valence-electron chi connectivity index (χ3n) is 4.24. The fourth-order valence-corrected chi connectivity index (χ4v) is 4.55. The van der Waals surface area contributed by atoms with Crippen molar-refractivity contribution in [2.75, 3.05) is 0 Å². The number of aromatic nitrogens is 3. The number of rotatable bonds is 5. The average Bonchev–Trinajstić information content (AvgIpc) is 3.07. The van der Waals surface area contributed by atoms with Crippen molar-refractivity contribution in [3.8, 4) is 10.6 Å². The van der Waals surface area contributed by atoms with E-state index in [2.05, 4.69) is 41.7 Å². The first-order valence-electron chi connectivity index (χ1n) is 8.13. The fraction of sp³-hybridized carbons (Fsp3) is 0.316. The van der Waals surface area contributed by atoms with Gasteiger partial charge >= 0.3 is 0 Å². The highest BCUT2D eigenvalue weighted by atomic mass is 32.2. The molecule has 0 saturated carbocycles. The van der Waals surface area contributed by atoms with Gasteiger partial charge in [-0.15, -0.1) is 23.1 Å². The van der Waals surface area contributed by atoms with Gasteiger partial charge in [-0.05, 0) is 31.9 Å². The van der Waals surface area contributed by atoms with Crippen LogP contribution >= 0.6 is 23.1 Å². The van der Waals surface area contributed by atoms with Crippen molar-refractivity contribution in [1.82, 2.24) is 14.8 Å². The second kappa shape index (κ2) is 7.54. The number of hydrogen-bond acceptors (Lipinski definition) is 5. The van der Waals surface area contributed by atoms with Gasteiger partial charge in [-0.2, -0.15) is 5.10 Å². The SMILES string of the molecule is Cc1nn(C)c(=O)c(-c2nc(CS[C@@H](C)c3ccccc3)cs2)c1C. The standard InChI is InChI=1S/C19H21N3OS2/c1-12-13(2)21-22(4)19(23)17(12)18-20-16(11-25-18)10-24-14(3)15-8-6-5-7-9-15/h5-9,11,14H,10H2,1-4H3/t14-/m0/s1. The molecule has 2 aromatic heterocycles. The Kier molecular flexibility index (Phi) is 5.39. The quantitative estimate of drug-likeness (QED) is 0.662. The lowest BCUT2D eigenvalue weighted by Gasteiger charge is -2.10. The lowest BCUT2D eigenvalue weighted by atomic mass is 10.1. The molecule has 0 aliphatic carbocycles. The fourth-order valence-electron chi connectivity index (χ4n) is 2.62. The highest BCUT2D eigenvalue weighted by Crippen LogP contribution is 2.32. The van der Waals surface area contributed by atoms with Gasteiger partial charge in [-0.1, -0.05) is 30.3 Å². The van der Waals surface area contributed by atoms with Gasteiger partial charge < -0.3 is 0 Å². The summed E-state index contributed by atoms with van der Waals surface area (Å²) >= 11 is 3.38. The number of aryl methyl sites for hydroxylation is 2. The van der Waals surface area contributed by atoms with Gasteiger partial charge in [0.15, 0.2) is 0 Å². The molecule has 6 heteroatoms. The Morgan fingerprint density at radius 2 is 1.96 bits per heavy atom. The summed E-state index contributed by atoms with van der Waals surface area (Å²) in [5.41, 5.74) is 4.69. The summed E-state index contributed by atoms with van der Waals surface area (Å²) in [6.07, 6.45) is 0. The van der Waals surface area contributed by atoms with E-state index < -0.39 is 0 Å². The van der Waals surface area contributed by atoms with E-state index in [-0.39, 0.29) is 5.56 Å². The van der Waals surface area contributed by atoms with Crippen LogP contribution in [0.1, 0.15) is 34.7 Å². The van der Waals surface area contributed by atoms with Crippen LogP contribution in [0.15, 0.2) is 40.5 Å². The minimum Gasteiger partial charge on any atom is -0.267 e. The second-order valence-electron chi connectivity index (χ2n) is 6.02. The Hall–Kier alpha value is -1.92.